The highest BCUT2D eigenvalue weighted by Crippen LogP contribution is 2.33. The average Bonchev–Trinajstić information content (AvgIpc) is 2.91. The molecular weight excluding hydrogens is 403 g/mol. The number of rotatable bonds is 6. The summed E-state index contributed by atoms with van der Waals surface area (Å²) >= 11 is 13.7. The average molecular weight is 423 g/mol. The zero-order chi connectivity index (χ0) is 19.8. The van der Waals surface area contributed by atoms with Crippen molar-refractivity contribution in [1.29, 1.82) is 0 Å². The lowest BCUT2D eigenvalue weighted by molar-refractivity contribution is -0.116. The van der Waals surface area contributed by atoms with E-state index >= 15 is 0 Å². The van der Waals surface area contributed by atoms with Crippen LogP contribution in [-0.2, 0) is 23.9 Å². The van der Waals surface area contributed by atoms with Gasteiger partial charge in [0.05, 0.1) is 21.1 Å². The van der Waals surface area contributed by atoms with Crippen LogP contribution in [0.4, 0.5) is 0 Å². The van der Waals surface area contributed by atoms with Crippen molar-refractivity contribution in [2.45, 2.75) is 30.8 Å². The number of Topliss-reactive ketones (excluding diaryl/α,β-unsaturated/α-hetero) is 1. The van der Waals surface area contributed by atoms with E-state index < -0.39 is 5.60 Å². The van der Waals surface area contributed by atoms with E-state index in [1.165, 1.54) is 11.8 Å². The molecule has 0 aliphatic carbocycles. The lowest BCUT2D eigenvalue weighted by Gasteiger charge is -2.22. The number of fused-ring (bicyclic) bond motifs is 1. The smallest absolute Gasteiger partial charge is 0.142 e. The number of aryl methyl sites for hydroxylation is 1. The normalized spacial score (nSPS) is 13.7. The van der Waals surface area contributed by atoms with Gasteiger partial charge in [0, 0.05) is 24.1 Å². The van der Waals surface area contributed by atoms with Crippen LogP contribution in [0.3, 0.4) is 0 Å². The van der Waals surface area contributed by atoms with E-state index in [1.807, 2.05) is 35.9 Å². The predicted molar refractivity (Wildman–Crippen MR) is 112 cm³/mol. The number of halogens is 2. The first-order chi connectivity index (χ1) is 12.7. The summed E-state index contributed by atoms with van der Waals surface area (Å²) < 4.78 is 1.84. The molecule has 4 nitrogen and oxygen atoms in total. The van der Waals surface area contributed by atoms with Gasteiger partial charge in [0.2, 0.25) is 0 Å². The molecule has 0 bridgehead atoms. The summed E-state index contributed by atoms with van der Waals surface area (Å²) in [4.78, 5) is 16.8. The molecule has 142 valence electrons. The van der Waals surface area contributed by atoms with Gasteiger partial charge >= 0.3 is 0 Å². The predicted octanol–water partition coefficient (Wildman–Crippen LogP) is 5.01. The Morgan fingerprint density at radius 3 is 2.48 bits per heavy atom. The molecule has 0 aliphatic heterocycles. The first-order valence-electron chi connectivity index (χ1n) is 8.43. The highest BCUT2D eigenvalue weighted by molar-refractivity contribution is 7.99. The molecule has 3 aromatic rings. The summed E-state index contributed by atoms with van der Waals surface area (Å²) in [7, 11) is 1.85. The molecule has 0 amide bonds. The van der Waals surface area contributed by atoms with Crippen molar-refractivity contribution in [2.24, 2.45) is 7.05 Å². The van der Waals surface area contributed by atoms with Crippen LogP contribution in [0, 0.1) is 0 Å². The standard InChI is InChI=1S/C20H20Cl2N2O2S/c1-12(25)8-13-4-6-14(7-5-13)27-11-20(2,26)19-23-17-9-15(21)16(22)10-18(17)24(19)3/h4-7,9-10,26H,8,11H2,1-3H3. The summed E-state index contributed by atoms with van der Waals surface area (Å²) in [6.45, 7) is 3.33. The number of aliphatic hydroxyl groups is 1. The van der Waals surface area contributed by atoms with Gasteiger partial charge in [0.1, 0.15) is 17.2 Å². The van der Waals surface area contributed by atoms with Gasteiger partial charge in [-0.15, -0.1) is 11.8 Å². The molecule has 1 N–H and O–H groups in total. The fourth-order valence-corrected chi connectivity index (χ4v) is 4.17. The minimum atomic E-state index is -1.14. The fourth-order valence-electron chi connectivity index (χ4n) is 2.95. The van der Waals surface area contributed by atoms with Gasteiger partial charge in [-0.2, -0.15) is 0 Å². The Morgan fingerprint density at radius 2 is 1.85 bits per heavy atom. The monoisotopic (exact) mass is 422 g/mol. The largest absolute Gasteiger partial charge is 0.381 e. The fraction of sp³-hybridized carbons (Fsp3) is 0.300. The molecule has 1 atom stereocenters. The number of thioether (sulfide) groups is 1. The summed E-state index contributed by atoms with van der Waals surface area (Å²) in [6, 6.07) is 11.3. The Morgan fingerprint density at radius 1 is 1.22 bits per heavy atom. The second-order valence-corrected chi connectivity index (χ2v) is 8.70. The number of hydrogen-bond acceptors (Lipinski definition) is 4. The Balaban J connectivity index is 1.79. The first kappa shape index (κ1) is 20.2. The van der Waals surface area contributed by atoms with Crippen molar-refractivity contribution in [3.8, 4) is 0 Å². The van der Waals surface area contributed by atoms with E-state index in [0.717, 1.165) is 16.0 Å². The van der Waals surface area contributed by atoms with Crippen LogP contribution in [0.15, 0.2) is 41.3 Å². The highest BCUT2D eigenvalue weighted by Gasteiger charge is 2.29. The van der Waals surface area contributed by atoms with E-state index in [-0.39, 0.29) is 5.78 Å². The molecule has 0 fully saturated rings. The lowest BCUT2D eigenvalue weighted by Crippen LogP contribution is -2.28. The maximum absolute atomic E-state index is 11.2. The quantitative estimate of drug-likeness (QED) is 0.567. The number of nitrogens with zero attached hydrogens (tertiary/aromatic N) is 2. The number of aromatic nitrogens is 2. The maximum Gasteiger partial charge on any atom is 0.142 e. The molecule has 7 heteroatoms. The molecule has 0 aliphatic rings. The maximum atomic E-state index is 11.2. The van der Waals surface area contributed by atoms with Gasteiger partial charge < -0.3 is 9.67 Å². The van der Waals surface area contributed by atoms with Crippen LogP contribution in [0.5, 0.6) is 0 Å². The number of carbonyl (C=O) groups is 1. The Bertz CT molecular complexity index is 997. The van der Waals surface area contributed by atoms with E-state index in [2.05, 4.69) is 4.98 Å². The number of hydrogen-bond donors (Lipinski definition) is 1. The molecule has 3 rings (SSSR count). The van der Waals surface area contributed by atoms with Gasteiger partial charge in [-0.05, 0) is 43.7 Å². The third-order valence-corrected chi connectivity index (χ3v) is 6.34. The van der Waals surface area contributed by atoms with Crippen molar-refractivity contribution >= 4 is 51.8 Å². The third-order valence-electron chi connectivity index (χ3n) is 4.30. The van der Waals surface area contributed by atoms with Gasteiger partial charge in [-0.1, -0.05) is 35.3 Å². The number of benzene rings is 2. The zero-order valence-corrected chi connectivity index (χ0v) is 17.6. The van der Waals surface area contributed by atoms with Crippen molar-refractivity contribution in [2.75, 3.05) is 5.75 Å². The third kappa shape index (κ3) is 4.49. The van der Waals surface area contributed by atoms with Crippen LogP contribution in [-0.4, -0.2) is 26.2 Å². The number of imidazole rings is 1. The van der Waals surface area contributed by atoms with Crippen LogP contribution in [0.2, 0.25) is 10.0 Å². The molecule has 0 spiro atoms. The highest BCUT2D eigenvalue weighted by atomic mass is 35.5. The molecule has 0 saturated carbocycles. The minimum absolute atomic E-state index is 0.139. The zero-order valence-electron chi connectivity index (χ0n) is 15.3. The van der Waals surface area contributed by atoms with Crippen molar-refractivity contribution < 1.29 is 9.90 Å². The van der Waals surface area contributed by atoms with Crippen LogP contribution >= 0.6 is 35.0 Å². The van der Waals surface area contributed by atoms with Gasteiger partial charge in [0.15, 0.2) is 0 Å². The second kappa shape index (κ2) is 7.84. The summed E-state index contributed by atoms with van der Waals surface area (Å²) in [6.07, 6.45) is 0.438. The summed E-state index contributed by atoms with van der Waals surface area (Å²) in [5, 5.41) is 11.9. The molecule has 0 saturated heterocycles. The summed E-state index contributed by atoms with van der Waals surface area (Å²) in [5.41, 5.74) is 1.36. The van der Waals surface area contributed by atoms with Gasteiger partial charge in [-0.3, -0.25) is 4.79 Å². The molecule has 1 heterocycles. The first-order valence-corrected chi connectivity index (χ1v) is 10.2. The lowest BCUT2D eigenvalue weighted by atomic mass is 10.1. The molecule has 2 aromatic carbocycles. The van der Waals surface area contributed by atoms with E-state index in [1.54, 1.807) is 26.0 Å². The topological polar surface area (TPSA) is 55.1 Å². The van der Waals surface area contributed by atoms with Crippen molar-refractivity contribution in [3.63, 3.8) is 0 Å². The van der Waals surface area contributed by atoms with E-state index in [0.29, 0.717) is 33.6 Å². The second-order valence-electron chi connectivity index (χ2n) is 6.83. The van der Waals surface area contributed by atoms with Crippen molar-refractivity contribution in [1.82, 2.24) is 9.55 Å². The molecular formula is C20H20Cl2N2O2S. The Kier molecular flexibility index (Phi) is 5.87. The van der Waals surface area contributed by atoms with Crippen LogP contribution in [0.25, 0.3) is 11.0 Å². The molecule has 1 aromatic heterocycles. The van der Waals surface area contributed by atoms with Crippen LogP contribution in [0.1, 0.15) is 25.2 Å². The molecule has 1 unspecified atom stereocenters. The van der Waals surface area contributed by atoms with E-state index in [9.17, 15) is 9.90 Å². The van der Waals surface area contributed by atoms with Gasteiger partial charge in [-0.25, -0.2) is 4.98 Å². The number of ketones is 1. The van der Waals surface area contributed by atoms with E-state index in [4.69, 9.17) is 23.2 Å². The molecule has 0 radical (unpaired) electrons. The molecule has 27 heavy (non-hydrogen) atoms. The Hall–Kier alpha value is -1.53. The van der Waals surface area contributed by atoms with Crippen molar-refractivity contribution in [3.05, 3.63) is 57.8 Å². The Labute approximate surface area is 172 Å². The van der Waals surface area contributed by atoms with Crippen LogP contribution < -0.4 is 0 Å². The minimum Gasteiger partial charge on any atom is -0.381 e. The number of carbonyl (C=O) groups excluding carboxylic acids is 1. The summed E-state index contributed by atoms with van der Waals surface area (Å²) in [5.74, 6) is 1.12. The SMILES string of the molecule is CC(=O)Cc1ccc(SCC(C)(O)c2nc3cc(Cl)c(Cl)cc3n2C)cc1. The van der Waals surface area contributed by atoms with Gasteiger partial charge in [0.25, 0.3) is 0 Å².